The van der Waals surface area contributed by atoms with Gasteiger partial charge in [-0.1, -0.05) is 31.2 Å². The van der Waals surface area contributed by atoms with Crippen molar-refractivity contribution in [2.24, 2.45) is 11.8 Å². The first kappa shape index (κ1) is 12.0. The molecule has 1 aliphatic rings. The predicted octanol–water partition coefficient (Wildman–Crippen LogP) is 2.96. The van der Waals surface area contributed by atoms with Gasteiger partial charge in [0.25, 0.3) is 0 Å². The molecule has 1 saturated carbocycles. The number of nitrogens with zero attached hydrogens (tertiary/aromatic N) is 2. The van der Waals surface area contributed by atoms with Gasteiger partial charge in [-0.2, -0.15) is 0 Å². The standard InChI is InChI=1S/C12H20N2OS/c1-3-10-12(16-14-13-10)11(15)9-6-4-8(2)5-7-9/h8-9,11,15H,3-7H2,1-2H3. The minimum Gasteiger partial charge on any atom is -0.387 e. The lowest BCUT2D eigenvalue weighted by Gasteiger charge is -2.29. The summed E-state index contributed by atoms with van der Waals surface area (Å²) in [6.45, 7) is 4.37. The molecule has 0 amide bonds. The Balaban J connectivity index is 2.04. The van der Waals surface area contributed by atoms with E-state index in [9.17, 15) is 5.11 Å². The van der Waals surface area contributed by atoms with E-state index in [1.54, 1.807) is 0 Å². The van der Waals surface area contributed by atoms with Crippen LogP contribution in [0.15, 0.2) is 0 Å². The Labute approximate surface area is 101 Å². The molecule has 90 valence electrons. The Bertz CT molecular complexity index is 332. The SMILES string of the molecule is CCc1nnsc1C(O)C1CCC(C)CC1. The van der Waals surface area contributed by atoms with E-state index in [-0.39, 0.29) is 6.10 Å². The molecule has 1 aromatic heterocycles. The van der Waals surface area contributed by atoms with Gasteiger partial charge in [0.15, 0.2) is 0 Å². The molecule has 1 unspecified atom stereocenters. The van der Waals surface area contributed by atoms with Crippen molar-refractivity contribution >= 4 is 11.5 Å². The van der Waals surface area contributed by atoms with Crippen LogP contribution in [-0.2, 0) is 6.42 Å². The molecule has 0 aliphatic heterocycles. The Hall–Kier alpha value is -0.480. The molecule has 1 aliphatic carbocycles. The molecular formula is C12H20N2OS. The second-order valence-electron chi connectivity index (χ2n) is 4.90. The van der Waals surface area contributed by atoms with E-state index in [1.165, 1.54) is 24.4 Å². The quantitative estimate of drug-likeness (QED) is 0.883. The molecule has 0 saturated heterocycles. The summed E-state index contributed by atoms with van der Waals surface area (Å²) in [6.07, 6.45) is 5.31. The van der Waals surface area contributed by atoms with Gasteiger partial charge < -0.3 is 5.11 Å². The molecule has 1 N–H and O–H groups in total. The van der Waals surface area contributed by atoms with Gasteiger partial charge in [-0.05, 0) is 42.6 Å². The molecular weight excluding hydrogens is 220 g/mol. The number of aliphatic hydroxyl groups excluding tert-OH is 1. The molecule has 1 fully saturated rings. The second kappa shape index (κ2) is 5.23. The van der Waals surface area contributed by atoms with Crippen LogP contribution in [0, 0.1) is 11.8 Å². The van der Waals surface area contributed by atoms with Crippen LogP contribution in [0.5, 0.6) is 0 Å². The zero-order valence-corrected chi connectivity index (χ0v) is 10.8. The largest absolute Gasteiger partial charge is 0.387 e. The van der Waals surface area contributed by atoms with Crippen molar-refractivity contribution in [3.63, 3.8) is 0 Å². The molecule has 3 nitrogen and oxygen atoms in total. The minimum absolute atomic E-state index is 0.331. The number of hydrogen-bond donors (Lipinski definition) is 1. The zero-order chi connectivity index (χ0) is 11.5. The van der Waals surface area contributed by atoms with Gasteiger partial charge in [-0.25, -0.2) is 0 Å². The summed E-state index contributed by atoms with van der Waals surface area (Å²) in [7, 11) is 0. The van der Waals surface area contributed by atoms with Crippen molar-refractivity contribution in [3.8, 4) is 0 Å². The fraction of sp³-hybridized carbons (Fsp3) is 0.833. The Kier molecular flexibility index (Phi) is 3.92. The van der Waals surface area contributed by atoms with Crippen LogP contribution in [0.3, 0.4) is 0 Å². The topological polar surface area (TPSA) is 46.0 Å². The zero-order valence-electron chi connectivity index (χ0n) is 10.0. The summed E-state index contributed by atoms with van der Waals surface area (Å²) in [5.74, 6) is 1.25. The van der Waals surface area contributed by atoms with Gasteiger partial charge in [-0.3, -0.25) is 0 Å². The fourth-order valence-electron chi connectivity index (χ4n) is 2.50. The van der Waals surface area contributed by atoms with Gasteiger partial charge in [0.2, 0.25) is 0 Å². The normalized spacial score (nSPS) is 27.9. The van der Waals surface area contributed by atoms with Gasteiger partial charge in [0, 0.05) is 0 Å². The summed E-state index contributed by atoms with van der Waals surface area (Å²) in [6, 6.07) is 0. The van der Waals surface area contributed by atoms with Crippen molar-refractivity contribution < 1.29 is 5.11 Å². The summed E-state index contributed by atoms with van der Waals surface area (Å²) >= 11 is 1.37. The van der Waals surface area contributed by atoms with Gasteiger partial charge in [0.1, 0.15) is 0 Å². The van der Waals surface area contributed by atoms with E-state index in [0.717, 1.165) is 35.8 Å². The average Bonchev–Trinajstić information content (AvgIpc) is 2.77. The number of rotatable bonds is 3. The van der Waals surface area contributed by atoms with E-state index in [2.05, 4.69) is 23.4 Å². The molecule has 4 heteroatoms. The highest BCUT2D eigenvalue weighted by atomic mass is 32.1. The molecule has 1 aromatic rings. The van der Waals surface area contributed by atoms with Crippen LogP contribution in [0.25, 0.3) is 0 Å². The number of aromatic nitrogens is 2. The summed E-state index contributed by atoms with van der Waals surface area (Å²) in [5.41, 5.74) is 0.983. The van der Waals surface area contributed by atoms with Gasteiger partial charge >= 0.3 is 0 Å². The molecule has 1 heterocycles. The lowest BCUT2D eigenvalue weighted by Crippen LogP contribution is -2.19. The van der Waals surface area contributed by atoms with Crippen LogP contribution < -0.4 is 0 Å². The van der Waals surface area contributed by atoms with Crippen LogP contribution in [-0.4, -0.2) is 14.7 Å². The molecule has 2 rings (SSSR count). The molecule has 0 spiro atoms. The van der Waals surface area contributed by atoms with Gasteiger partial charge in [0.05, 0.1) is 16.7 Å². The van der Waals surface area contributed by atoms with E-state index in [1.807, 2.05) is 0 Å². The average molecular weight is 240 g/mol. The highest BCUT2D eigenvalue weighted by molar-refractivity contribution is 7.05. The number of aliphatic hydroxyl groups is 1. The van der Waals surface area contributed by atoms with Crippen molar-refractivity contribution in [3.05, 3.63) is 10.6 Å². The van der Waals surface area contributed by atoms with E-state index >= 15 is 0 Å². The lowest BCUT2D eigenvalue weighted by atomic mass is 9.79. The third kappa shape index (κ3) is 2.43. The van der Waals surface area contributed by atoms with E-state index < -0.39 is 0 Å². The first-order valence-corrected chi connectivity index (χ1v) is 6.98. The van der Waals surface area contributed by atoms with Crippen molar-refractivity contribution in [2.45, 2.75) is 52.1 Å². The Morgan fingerprint density at radius 1 is 1.38 bits per heavy atom. The first-order chi connectivity index (χ1) is 7.72. The number of aryl methyl sites for hydroxylation is 1. The van der Waals surface area contributed by atoms with Crippen LogP contribution in [0.4, 0.5) is 0 Å². The number of hydrogen-bond acceptors (Lipinski definition) is 4. The fourth-order valence-corrected chi connectivity index (χ4v) is 3.32. The maximum Gasteiger partial charge on any atom is 0.0945 e. The third-order valence-corrected chi connectivity index (χ3v) is 4.53. The Morgan fingerprint density at radius 3 is 2.69 bits per heavy atom. The monoisotopic (exact) mass is 240 g/mol. The minimum atomic E-state index is -0.331. The van der Waals surface area contributed by atoms with Gasteiger partial charge in [-0.15, -0.1) is 5.10 Å². The second-order valence-corrected chi connectivity index (χ2v) is 5.69. The summed E-state index contributed by atoms with van der Waals surface area (Å²) < 4.78 is 3.96. The van der Waals surface area contributed by atoms with Crippen molar-refractivity contribution in [1.29, 1.82) is 0 Å². The third-order valence-electron chi connectivity index (χ3n) is 3.70. The molecule has 0 bridgehead atoms. The molecule has 16 heavy (non-hydrogen) atoms. The van der Waals surface area contributed by atoms with E-state index in [0.29, 0.717) is 5.92 Å². The van der Waals surface area contributed by atoms with Crippen LogP contribution in [0.1, 0.15) is 56.2 Å². The lowest BCUT2D eigenvalue weighted by molar-refractivity contribution is 0.0776. The molecule has 0 aromatic carbocycles. The first-order valence-electron chi connectivity index (χ1n) is 6.21. The van der Waals surface area contributed by atoms with Crippen molar-refractivity contribution in [1.82, 2.24) is 9.59 Å². The van der Waals surface area contributed by atoms with E-state index in [4.69, 9.17) is 0 Å². The molecule has 1 atom stereocenters. The smallest absolute Gasteiger partial charge is 0.0945 e. The van der Waals surface area contributed by atoms with Crippen molar-refractivity contribution in [2.75, 3.05) is 0 Å². The summed E-state index contributed by atoms with van der Waals surface area (Å²) in [5, 5.41) is 14.4. The Morgan fingerprint density at radius 2 is 2.06 bits per heavy atom. The maximum absolute atomic E-state index is 10.4. The van der Waals surface area contributed by atoms with Crippen LogP contribution >= 0.6 is 11.5 Å². The summed E-state index contributed by atoms with van der Waals surface area (Å²) in [4.78, 5) is 1.00. The van der Waals surface area contributed by atoms with Crippen LogP contribution in [0.2, 0.25) is 0 Å². The highest BCUT2D eigenvalue weighted by Gasteiger charge is 2.28. The molecule has 0 radical (unpaired) electrons. The predicted molar refractivity (Wildman–Crippen MR) is 65.4 cm³/mol. The maximum atomic E-state index is 10.4. The highest BCUT2D eigenvalue weighted by Crippen LogP contribution is 2.38.